The van der Waals surface area contributed by atoms with Crippen LogP contribution in [0.4, 0.5) is 0 Å². The van der Waals surface area contributed by atoms with Gasteiger partial charge in [-0.15, -0.1) is 12.4 Å². The van der Waals surface area contributed by atoms with Crippen molar-refractivity contribution in [1.29, 1.82) is 0 Å². The van der Waals surface area contributed by atoms with Gasteiger partial charge in [-0.05, 0) is 30.5 Å². The number of hydrogen-bond donors (Lipinski definition) is 2. The Labute approximate surface area is 166 Å². The van der Waals surface area contributed by atoms with Crippen molar-refractivity contribution in [3.8, 4) is 0 Å². The smallest absolute Gasteiger partial charge is 0.253 e. The number of nitrogens with zero attached hydrogens (tertiary/aromatic N) is 1. The number of halogens is 1. The van der Waals surface area contributed by atoms with E-state index in [1.807, 2.05) is 65.6 Å². The van der Waals surface area contributed by atoms with E-state index in [9.17, 15) is 9.59 Å². The molecule has 5 nitrogen and oxygen atoms in total. The average Bonchev–Trinajstić information content (AvgIpc) is 2.72. The lowest BCUT2D eigenvalue weighted by Crippen LogP contribution is -2.44. The van der Waals surface area contributed by atoms with Crippen LogP contribution in [-0.4, -0.2) is 36.3 Å². The molecular formula is C21H26ClN3O2. The summed E-state index contributed by atoms with van der Waals surface area (Å²) in [6.45, 7) is 1.64. The van der Waals surface area contributed by atoms with Crippen LogP contribution in [0.2, 0.25) is 0 Å². The maximum atomic E-state index is 12.5. The van der Waals surface area contributed by atoms with Crippen LogP contribution in [0.15, 0.2) is 60.7 Å². The Kier molecular flexibility index (Phi) is 7.82. The van der Waals surface area contributed by atoms with Crippen LogP contribution in [-0.2, 0) is 4.79 Å². The number of amides is 2. The van der Waals surface area contributed by atoms with E-state index < -0.39 is 0 Å². The molecule has 1 aliphatic heterocycles. The van der Waals surface area contributed by atoms with Crippen LogP contribution in [0.1, 0.15) is 34.8 Å². The summed E-state index contributed by atoms with van der Waals surface area (Å²) in [5, 5.41) is 2.96. The fourth-order valence-corrected chi connectivity index (χ4v) is 3.28. The molecule has 1 saturated heterocycles. The predicted octanol–water partition coefficient (Wildman–Crippen LogP) is 2.78. The van der Waals surface area contributed by atoms with E-state index in [1.165, 1.54) is 0 Å². The van der Waals surface area contributed by atoms with Crippen molar-refractivity contribution < 1.29 is 9.59 Å². The standard InChI is InChI=1S/C21H25N3O2.ClH/c22-19(16-7-3-1-4-8-16)15-23-20(25)17-11-13-24(14-12-17)21(26)18-9-5-2-6-10-18;/h1-10,17,19H,11-15,22H2,(H,23,25);1H. The third-order valence-corrected chi connectivity index (χ3v) is 4.90. The molecule has 3 N–H and O–H groups in total. The fourth-order valence-electron chi connectivity index (χ4n) is 3.28. The molecule has 1 heterocycles. The van der Waals surface area contributed by atoms with E-state index in [1.54, 1.807) is 0 Å². The summed E-state index contributed by atoms with van der Waals surface area (Å²) >= 11 is 0. The zero-order valence-electron chi connectivity index (χ0n) is 15.2. The first kappa shape index (κ1) is 20.9. The minimum Gasteiger partial charge on any atom is -0.354 e. The predicted molar refractivity (Wildman–Crippen MR) is 109 cm³/mol. The highest BCUT2D eigenvalue weighted by atomic mass is 35.5. The Morgan fingerprint density at radius 1 is 1.00 bits per heavy atom. The lowest BCUT2D eigenvalue weighted by molar-refractivity contribution is -0.126. The van der Waals surface area contributed by atoms with Gasteiger partial charge in [0.1, 0.15) is 0 Å². The molecule has 144 valence electrons. The number of piperidine rings is 1. The highest BCUT2D eigenvalue weighted by molar-refractivity contribution is 5.94. The SMILES string of the molecule is Cl.NC(CNC(=O)C1CCN(C(=O)c2ccccc2)CC1)c1ccccc1. The number of hydrogen-bond acceptors (Lipinski definition) is 3. The lowest BCUT2D eigenvalue weighted by Gasteiger charge is -2.31. The minimum atomic E-state index is -0.208. The molecule has 27 heavy (non-hydrogen) atoms. The molecule has 1 fully saturated rings. The van der Waals surface area contributed by atoms with Crippen molar-refractivity contribution in [3.63, 3.8) is 0 Å². The Balaban J connectivity index is 0.00000261. The molecule has 1 atom stereocenters. The van der Waals surface area contributed by atoms with Crippen LogP contribution < -0.4 is 11.1 Å². The van der Waals surface area contributed by atoms with Crippen molar-refractivity contribution in [3.05, 3.63) is 71.8 Å². The van der Waals surface area contributed by atoms with Crippen LogP contribution in [0.3, 0.4) is 0 Å². The zero-order chi connectivity index (χ0) is 18.4. The number of nitrogens with one attached hydrogen (secondary N) is 1. The van der Waals surface area contributed by atoms with Crippen molar-refractivity contribution >= 4 is 24.2 Å². The van der Waals surface area contributed by atoms with Crippen LogP contribution in [0, 0.1) is 5.92 Å². The number of benzene rings is 2. The first-order chi connectivity index (χ1) is 12.6. The topological polar surface area (TPSA) is 75.4 Å². The average molecular weight is 388 g/mol. The van der Waals surface area contributed by atoms with Gasteiger partial charge in [0.25, 0.3) is 5.91 Å². The quantitative estimate of drug-likeness (QED) is 0.828. The van der Waals surface area contributed by atoms with Gasteiger partial charge in [-0.1, -0.05) is 48.5 Å². The Bertz CT molecular complexity index is 732. The number of rotatable bonds is 5. The molecule has 0 aromatic heterocycles. The van der Waals surface area contributed by atoms with E-state index in [2.05, 4.69) is 5.32 Å². The summed E-state index contributed by atoms with van der Waals surface area (Å²) in [6.07, 6.45) is 1.37. The normalized spacial score (nSPS) is 15.5. The molecule has 2 aromatic rings. The zero-order valence-corrected chi connectivity index (χ0v) is 16.0. The highest BCUT2D eigenvalue weighted by Crippen LogP contribution is 2.19. The summed E-state index contributed by atoms with van der Waals surface area (Å²) in [5.74, 6) is 0.0107. The van der Waals surface area contributed by atoms with Crippen LogP contribution in [0.5, 0.6) is 0 Å². The molecule has 2 aromatic carbocycles. The van der Waals surface area contributed by atoms with Crippen molar-refractivity contribution in [1.82, 2.24) is 10.2 Å². The Morgan fingerprint density at radius 3 is 2.15 bits per heavy atom. The van der Waals surface area contributed by atoms with Gasteiger partial charge in [0.15, 0.2) is 0 Å². The van der Waals surface area contributed by atoms with E-state index in [0.29, 0.717) is 38.0 Å². The van der Waals surface area contributed by atoms with Gasteiger partial charge in [0.05, 0.1) is 0 Å². The number of carbonyl (C=O) groups is 2. The van der Waals surface area contributed by atoms with Gasteiger partial charge < -0.3 is 16.0 Å². The van der Waals surface area contributed by atoms with Gasteiger partial charge in [0, 0.05) is 37.2 Å². The third-order valence-electron chi connectivity index (χ3n) is 4.90. The second kappa shape index (κ2) is 10.1. The first-order valence-electron chi connectivity index (χ1n) is 9.07. The summed E-state index contributed by atoms with van der Waals surface area (Å²) in [6, 6.07) is 18.8. The molecule has 1 aliphatic rings. The molecule has 0 bridgehead atoms. The molecule has 6 heteroatoms. The monoisotopic (exact) mass is 387 g/mol. The maximum absolute atomic E-state index is 12.5. The summed E-state index contributed by atoms with van der Waals surface area (Å²) in [5.41, 5.74) is 7.84. The molecule has 1 unspecified atom stereocenters. The van der Waals surface area contributed by atoms with Gasteiger partial charge in [-0.25, -0.2) is 0 Å². The molecule has 2 amide bonds. The third kappa shape index (κ3) is 5.55. The maximum Gasteiger partial charge on any atom is 0.253 e. The molecule has 3 rings (SSSR count). The Hall–Kier alpha value is -2.37. The largest absolute Gasteiger partial charge is 0.354 e. The molecule has 0 aliphatic carbocycles. The summed E-state index contributed by atoms with van der Waals surface area (Å²) < 4.78 is 0. The van der Waals surface area contributed by atoms with E-state index in [4.69, 9.17) is 5.73 Å². The second-order valence-electron chi connectivity index (χ2n) is 6.69. The van der Waals surface area contributed by atoms with E-state index in [-0.39, 0.29) is 36.2 Å². The first-order valence-corrected chi connectivity index (χ1v) is 9.07. The number of nitrogens with two attached hydrogens (primary N) is 1. The summed E-state index contributed by atoms with van der Waals surface area (Å²) in [7, 11) is 0. The van der Waals surface area contributed by atoms with Gasteiger partial charge in [-0.2, -0.15) is 0 Å². The van der Waals surface area contributed by atoms with Crippen molar-refractivity contribution in [2.45, 2.75) is 18.9 Å². The molecular weight excluding hydrogens is 362 g/mol. The fraction of sp³-hybridized carbons (Fsp3) is 0.333. The lowest BCUT2D eigenvalue weighted by atomic mass is 9.95. The Morgan fingerprint density at radius 2 is 1.56 bits per heavy atom. The number of carbonyl (C=O) groups excluding carboxylic acids is 2. The second-order valence-corrected chi connectivity index (χ2v) is 6.69. The van der Waals surface area contributed by atoms with Crippen molar-refractivity contribution in [2.75, 3.05) is 19.6 Å². The van der Waals surface area contributed by atoms with Gasteiger partial charge >= 0.3 is 0 Å². The van der Waals surface area contributed by atoms with Crippen LogP contribution in [0.25, 0.3) is 0 Å². The van der Waals surface area contributed by atoms with Crippen molar-refractivity contribution in [2.24, 2.45) is 11.7 Å². The molecule has 0 radical (unpaired) electrons. The van der Waals surface area contributed by atoms with E-state index in [0.717, 1.165) is 5.56 Å². The minimum absolute atomic E-state index is 0. The molecule has 0 saturated carbocycles. The summed E-state index contributed by atoms with van der Waals surface area (Å²) in [4.78, 5) is 26.7. The highest BCUT2D eigenvalue weighted by Gasteiger charge is 2.27. The van der Waals surface area contributed by atoms with Gasteiger partial charge in [-0.3, -0.25) is 9.59 Å². The van der Waals surface area contributed by atoms with Gasteiger partial charge in [0.2, 0.25) is 5.91 Å². The van der Waals surface area contributed by atoms with E-state index >= 15 is 0 Å². The molecule has 0 spiro atoms. The van der Waals surface area contributed by atoms with Crippen LogP contribution >= 0.6 is 12.4 Å². The number of likely N-dealkylation sites (tertiary alicyclic amines) is 1.